The van der Waals surface area contributed by atoms with Crippen molar-refractivity contribution < 1.29 is 19.1 Å². The van der Waals surface area contributed by atoms with Crippen LogP contribution < -0.4 is 0 Å². The van der Waals surface area contributed by atoms with Crippen molar-refractivity contribution in [3.8, 4) is 0 Å². The number of rotatable bonds is 1. The highest BCUT2D eigenvalue weighted by atomic mass is 16.6. The second-order valence-electron chi connectivity index (χ2n) is 5.60. The first-order valence-corrected chi connectivity index (χ1v) is 6.22. The molecule has 0 bridgehead atoms. The average molecular weight is 255 g/mol. The van der Waals surface area contributed by atoms with Gasteiger partial charge >= 0.3 is 5.97 Å². The molecule has 0 aromatic rings. The molecule has 1 unspecified atom stereocenters. The molecule has 102 valence electrons. The van der Waals surface area contributed by atoms with Crippen molar-refractivity contribution in [2.75, 3.05) is 13.1 Å². The van der Waals surface area contributed by atoms with E-state index in [-0.39, 0.29) is 18.1 Å². The summed E-state index contributed by atoms with van der Waals surface area (Å²) in [5.74, 6) is -1.40. The molecule has 5 nitrogen and oxygen atoms in total. The second-order valence-corrected chi connectivity index (χ2v) is 5.60. The summed E-state index contributed by atoms with van der Waals surface area (Å²) in [5.41, 5.74) is -0.593. The molecule has 1 rings (SSSR count). The molecule has 0 aromatic heterocycles. The van der Waals surface area contributed by atoms with Gasteiger partial charge in [-0.3, -0.25) is 14.4 Å². The maximum Gasteiger partial charge on any atom is 0.317 e. The molecular formula is C13H21NO4. The third kappa shape index (κ3) is 4.13. The van der Waals surface area contributed by atoms with Crippen LogP contribution in [0.3, 0.4) is 0 Å². The van der Waals surface area contributed by atoms with Crippen LogP contribution in [0.5, 0.6) is 0 Å². The summed E-state index contributed by atoms with van der Waals surface area (Å²) in [5, 5.41) is 0. The number of hydrogen-bond acceptors (Lipinski definition) is 4. The van der Waals surface area contributed by atoms with Gasteiger partial charge in [-0.2, -0.15) is 0 Å². The third-order valence-electron chi connectivity index (χ3n) is 2.84. The van der Waals surface area contributed by atoms with Crippen LogP contribution in [-0.2, 0) is 19.1 Å². The number of carbonyl (C=O) groups excluding carboxylic acids is 3. The molecule has 0 saturated carbocycles. The van der Waals surface area contributed by atoms with Gasteiger partial charge in [0.1, 0.15) is 17.3 Å². The van der Waals surface area contributed by atoms with Crippen LogP contribution in [0.25, 0.3) is 0 Å². The lowest BCUT2D eigenvalue weighted by Gasteiger charge is -2.22. The van der Waals surface area contributed by atoms with E-state index in [4.69, 9.17) is 4.74 Å². The lowest BCUT2D eigenvalue weighted by molar-refractivity contribution is -0.162. The topological polar surface area (TPSA) is 63.7 Å². The Morgan fingerprint density at radius 3 is 2.39 bits per heavy atom. The fourth-order valence-corrected chi connectivity index (χ4v) is 1.91. The number of hydrogen-bond donors (Lipinski definition) is 0. The summed E-state index contributed by atoms with van der Waals surface area (Å²) in [6, 6.07) is 0. The van der Waals surface area contributed by atoms with E-state index in [1.165, 1.54) is 6.92 Å². The minimum Gasteiger partial charge on any atom is -0.459 e. The molecule has 1 saturated heterocycles. The number of carbonyl (C=O) groups is 3. The van der Waals surface area contributed by atoms with Gasteiger partial charge in [-0.05, 0) is 27.2 Å². The van der Waals surface area contributed by atoms with Gasteiger partial charge in [0.2, 0.25) is 5.91 Å². The number of likely N-dealkylation sites (tertiary alicyclic amines) is 1. The zero-order valence-corrected chi connectivity index (χ0v) is 11.5. The Hall–Kier alpha value is -1.39. The third-order valence-corrected chi connectivity index (χ3v) is 2.84. The van der Waals surface area contributed by atoms with Gasteiger partial charge in [0.15, 0.2) is 0 Å². The van der Waals surface area contributed by atoms with E-state index in [1.807, 2.05) is 0 Å². The van der Waals surface area contributed by atoms with Crippen LogP contribution in [0, 0.1) is 5.92 Å². The number of amides is 1. The van der Waals surface area contributed by atoms with Crippen molar-refractivity contribution in [2.45, 2.75) is 46.1 Å². The molecule has 1 aliphatic rings. The quantitative estimate of drug-likeness (QED) is 0.521. The summed E-state index contributed by atoms with van der Waals surface area (Å²) in [7, 11) is 0. The van der Waals surface area contributed by atoms with Crippen LogP contribution in [-0.4, -0.2) is 41.3 Å². The van der Waals surface area contributed by atoms with Gasteiger partial charge in [-0.15, -0.1) is 0 Å². The predicted molar refractivity (Wildman–Crippen MR) is 65.8 cm³/mol. The van der Waals surface area contributed by atoms with Crippen molar-refractivity contribution >= 4 is 17.7 Å². The molecule has 0 aliphatic carbocycles. The van der Waals surface area contributed by atoms with Crippen LogP contribution >= 0.6 is 0 Å². The summed E-state index contributed by atoms with van der Waals surface area (Å²) < 4.78 is 5.24. The number of Topliss-reactive ketones (excluding diaryl/α,β-unsaturated/α-hetero) is 1. The van der Waals surface area contributed by atoms with Crippen LogP contribution in [0.2, 0.25) is 0 Å². The molecule has 0 N–H and O–H groups in total. The Kier molecular flexibility index (Phi) is 4.48. The summed E-state index contributed by atoms with van der Waals surface area (Å²) in [6.45, 7) is 7.62. The van der Waals surface area contributed by atoms with Gasteiger partial charge in [-0.25, -0.2) is 0 Å². The first-order valence-electron chi connectivity index (χ1n) is 6.22. The van der Waals surface area contributed by atoms with Crippen LogP contribution in [0.1, 0.15) is 40.5 Å². The Morgan fingerprint density at radius 1 is 1.28 bits per heavy atom. The predicted octanol–water partition coefficient (Wildman–Crippen LogP) is 1.16. The van der Waals surface area contributed by atoms with Crippen molar-refractivity contribution in [1.29, 1.82) is 0 Å². The van der Waals surface area contributed by atoms with Crippen molar-refractivity contribution in [2.24, 2.45) is 5.92 Å². The number of ether oxygens (including phenoxy) is 1. The highest BCUT2D eigenvalue weighted by Gasteiger charge is 2.33. The Morgan fingerprint density at radius 2 is 1.89 bits per heavy atom. The Labute approximate surface area is 107 Å². The molecule has 0 aromatic carbocycles. The molecule has 1 heterocycles. The molecule has 18 heavy (non-hydrogen) atoms. The first kappa shape index (κ1) is 14.7. The fourth-order valence-electron chi connectivity index (χ4n) is 1.91. The molecule has 0 radical (unpaired) electrons. The molecule has 1 aliphatic heterocycles. The summed E-state index contributed by atoms with van der Waals surface area (Å²) >= 11 is 0. The number of ketones is 1. The Balaban J connectivity index is 2.69. The van der Waals surface area contributed by atoms with E-state index < -0.39 is 17.5 Å². The van der Waals surface area contributed by atoms with E-state index in [2.05, 4.69) is 0 Å². The standard InChI is InChI=1S/C13H21NO4/c1-9(15)14-7-5-10(11(16)6-8-14)12(17)18-13(2,3)4/h10H,5-8H2,1-4H3. The van der Waals surface area contributed by atoms with Crippen molar-refractivity contribution in [3.63, 3.8) is 0 Å². The molecule has 1 amide bonds. The molecule has 0 spiro atoms. The number of esters is 1. The van der Waals surface area contributed by atoms with E-state index in [9.17, 15) is 14.4 Å². The summed E-state index contributed by atoms with van der Waals surface area (Å²) in [4.78, 5) is 36.6. The van der Waals surface area contributed by atoms with E-state index in [0.717, 1.165) is 0 Å². The Bertz CT molecular complexity index is 356. The van der Waals surface area contributed by atoms with E-state index in [1.54, 1.807) is 25.7 Å². The minimum absolute atomic E-state index is 0.0624. The average Bonchev–Trinajstić information content (AvgIpc) is 2.37. The largest absolute Gasteiger partial charge is 0.459 e. The monoisotopic (exact) mass is 255 g/mol. The molecule has 1 atom stereocenters. The lowest BCUT2D eigenvalue weighted by atomic mass is 9.99. The SMILES string of the molecule is CC(=O)N1CCC(=O)C(C(=O)OC(C)(C)C)CC1. The normalized spacial score (nSPS) is 21.4. The van der Waals surface area contributed by atoms with Gasteiger partial charge < -0.3 is 9.64 Å². The highest BCUT2D eigenvalue weighted by molar-refractivity contribution is 5.99. The maximum absolute atomic E-state index is 11.9. The van der Waals surface area contributed by atoms with Gasteiger partial charge in [0.05, 0.1) is 0 Å². The fraction of sp³-hybridized carbons (Fsp3) is 0.769. The van der Waals surface area contributed by atoms with Crippen LogP contribution in [0.4, 0.5) is 0 Å². The molecule has 1 fully saturated rings. The molecular weight excluding hydrogens is 234 g/mol. The molecule has 5 heteroatoms. The number of nitrogens with zero attached hydrogens (tertiary/aromatic N) is 1. The van der Waals surface area contributed by atoms with Gasteiger partial charge in [0, 0.05) is 26.4 Å². The zero-order valence-electron chi connectivity index (χ0n) is 11.5. The smallest absolute Gasteiger partial charge is 0.317 e. The van der Waals surface area contributed by atoms with Crippen molar-refractivity contribution in [1.82, 2.24) is 4.90 Å². The van der Waals surface area contributed by atoms with E-state index in [0.29, 0.717) is 19.5 Å². The lowest BCUT2D eigenvalue weighted by Crippen LogP contribution is -2.33. The van der Waals surface area contributed by atoms with Crippen LogP contribution in [0.15, 0.2) is 0 Å². The minimum atomic E-state index is -0.728. The maximum atomic E-state index is 11.9. The highest BCUT2D eigenvalue weighted by Crippen LogP contribution is 2.19. The summed E-state index contributed by atoms with van der Waals surface area (Å²) in [6.07, 6.45) is 0.580. The first-order chi connectivity index (χ1) is 8.20. The zero-order chi connectivity index (χ0) is 13.9. The van der Waals surface area contributed by atoms with Crippen molar-refractivity contribution in [3.05, 3.63) is 0 Å². The second kappa shape index (κ2) is 5.50. The van der Waals surface area contributed by atoms with Gasteiger partial charge in [-0.1, -0.05) is 0 Å². The van der Waals surface area contributed by atoms with Gasteiger partial charge in [0.25, 0.3) is 0 Å². The van der Waals surface area contributed by atoms with E-state index >= 15 is 0 Å².